The van der Waals surface area contributed by atoms with Crippen molar-refractivity contribution in [3.05, 3.63) is 40.8 Å². The van der Waals surface area contributed by atoms with E-state index in [-0.39, 0.29) is 24.2 Å². The summed E-state index contributed by atoms with van der Waals surface area (Å²) in [5.41, 5.74) is 1.06. The van der Waals surface area contributed by atoms with Gasteiger partial charge >= 0.3 is 0 Å². The van der Waals surface area contributed by atoms with Crippen molar-refractivity contribution in [2.45, 2.75) is 0 Å². The summed E-state index contributed by atoms with van der Waals surface area (Å²) in [6.45, 7) is -0.000865. The van der Waals surface area contributed by atoms with Crippen LogP contribution in [0, 0.1) is 0 Å². The summed E-state index contributed by atoms with van der Waals surface area (Å²) in [6, 6.07) is 8.19. The Balaban J connectivity index is 1.80. The van der Waals surface area contributed by atoms with Gasteiger partial charge in [-0.15, -0.1) is 0 Å². The van der Waals surface area contributed by atoms with Crippen LogP contribution in [0.3, 0.4) is 0 Å². The second kappa shape index (κ2) is 5.01. The molecule has 0 saturated heterocycles. The first-order valence-electron chi connectivity index (χ1n) is 5.75. The summed E-state index contributed by atoms with van der Waals surface area (Å²) < 4.78 is 10.9. The number of hydrogen-bond donors (Lipinski definition) is 2. The van der Waals surface area contributed by atoms with Gasteiger partial charge in [-0.2, -0.15) is 0 Å². The highest BCUT2D eigenvalue weighted by molar-refractivity contribution is 9.10. The van der Waals surface area contributed by atoms with E-state index in [1.165, 1.54) is 0 Å². The molecule has 0 fully saturated rings. The third-order valence-corrected chi connectivity index (χ3v) is 3.09. The molecule has 102 valence electrons. The average molecular weight is 337 g/mol. The van der Waals surface area contributed by atoms with Crippen LogP contribution in [0.2, 0.25) is 0 Å². The average Bonchev–Trinajstić information content (AvgIpc) is 2.85. The van der Waals surface area contributed by atoms with Crippen molar-refractivity contribution in [3.8, 4) is 5.75 Å². The second-order valence-electron chi connectivity index (χ2n) is 4.11. The van der Waals surface area contributed by atoms with Gasteiger partial charge in [-0.25, -0.2) is 0 Å². The number of benzene rings is 1. The van der Waals surface area contributed by atoms with E-state index < -0.39 is 0 Å². The molecule has 20 heavy (non-hydrogen) atoms. The van der Waals surface area contributed by atoms with Crippen LogP contribution in [0.15, 0.2) is 39.4 Å². The maximum Gasteiger partial charge on any atom is 0.291 e. The summed E-state index contributed by atoms with van der Waals surface area (Å²) >= 11 is 3.13. The quantitative estimate of drug-likeness (QED) is 0.883. The van der Waals surface area contributed by atoms with E-state index in [0.29, 0.717) is 21.8 Å². The van der Waals surface area contributed by atoms with E-state index in [1.54, 1.807) is 30.3 Å². The highest BCUT2D eigenvalue weighted by atomic mass is 79.9. The molecule has 2 N–H and O–H groups in total. The largest absolute Gasteiger partial charge is 0.482 e. The van der Waals surface area contributed by atoms with Crippen molar-refractivity contribution in [1.82, 2.24) is 0 Å². The van der Waals surface area contributed by atoms with Crippen LogP contribution >= 0.6 is 15.9 Å². The van der Waals surface area contributed by atoms with Crippen LogP contribution in [0.4, 0.5) is 11.4 Å². The highest BCUT2D eigenvalue weighted by Crippen LogP contribution is 2.30. The Kier molecular flexibility index (Phi) is 3.19. The van der Waals surface area contributed by atoms with E-state index in [4.69, 9.17) is 9.15 Å². The first kappa shape index (κ1) is 12.7. The predicted octanol–water partition coefficient (Wildman–Crippen LogP) is 2.63. The Hall–Kier alpha value is -2.28. The van der Waals surface area contributed by atoms with Crippen molar-refractivity contribution in [2.75, 3.05) is 17.2 Å². The fraction of sp³-hybridized carbons (Fsp3) is 0.0769. The van der Waals surface area contributed by atoms with Gasteiger partial charge in [0.2, 0.25) is 0 Å². The standard InChI is InChI=1S/C13H9BrN2O4/c14-11-4-3-10(20-11)13(18)15-7-1-2-9-8(5-7)16-12(17)6-19-9/h1-5H,6H2,(H,15,18)(H,16,17). The smallest absolute Gasteiger partial charge is 0.291 e. The lowest BCUT2D eigenvalue weighted by Gasteiger charge is -2.18. The number of hydrogen-bond acceptors (Lipinski definition) is 4. The van der Waals surface area contributed by atoms with Crippen LogP contribution in [0.5, 0.6) is 5.75 Å². The summed E-state index contributed by atoms with van der Waals surface area (Å²) in [5, 5.41) is 5.35. The number of carbonyl (C=O) groups is 2. The van der Waals surface area contributed by atoms with Gasteiger partial charge in [0.05, 0.1) is 5.69 Å². The van der Waals surface area contributed by atoms with Gasteiger partial charge in [-0.3, -0.25) is 9.59 Å². The molecule has 7 heteroatoms. The fourth-order valence-electron chi connectivity index (χ4n) is 1.79. The maximum atomic E-state index is 11.9. The van der Waals surface area contributed by atoms with Gasteiger partial charge in [0.1, 0.15) is 5.75 Å². The molecule has 6 nitrogen and oxygen atoms in total. The maximum absolute atomic E-state index is 11.9. The molecule has 0 bridgehead atoms. The van der Waals surface area contributed by atoms with Crippen molar-refractivity contribution in [3.63, 3.8) is 0 Å². The first-order valence-corrected chi connectivity index (χ1v) is 6.54. The van der Waals surface area contributed by atoms with Gasteiger partial charge < -0.3 is 19.8 Å². The number of rotatable bonds is 2. The Morgan fingerprint density at radius 3 is 2.90 bits per heavy atom. The number of halogens is 1. The number of amides is 2. The van der Waals surface area contributed by atoms with Gasteiger partial charge in [-0.05, 0) is 46.3 Å². The second-order valence-corrected chi connectivity index (χ2v) is 4.89. The third kappa shape index (κ3) is 2.53. The van der Waals surface area contributed by atoms with Crippen LogP contribution < -0.4 is 15.4 Å². The molecule has 1 aliphatic rings. The molecule has 2 heterocycles. The molecule has 1 aromatic heterocycles. The molecule has 1 aliphatic heterocycles. The Bertz CT molecular complexity index is 695. The third-order valence-electron chi connectivity index (χ3n) is 2.67. The van der Waals surface area contributed by atoms with Crippen molar-refractivity contribution >= 4 is 39.1 Å². The van der Waals surface area contributed by atoms with Gasteiger partial charge in [-0.1, -0.05) is 0 Å². The summed E-state index contributed by atoms with van der Waals surface area (Å²) in [4.78, 5) is 23.2. The SMILES string of the molecule is O=C1COc2ccc(NC(=O)c3ccc(Br)o3)cc2N1. The Morgan fingerprint density at radius 1 is 1.30 bits per heavy atom. The molecule has 2 amide bonds. The Labute approximate surface area is 122 Å². The van der Waals surface area contributed by atoms with E-state index >= 15 is 0 Å². The van der Waals surface area contributed by atoms with Gasteiger partial charge in [0.25, 0.3) is 11.8 Å². The summed E-state index contributed by atoms with van der Waals surface area (Å²) in [7, 11) is 0. The molecule has 0 atom stereocenters. The van der Waals surface area contributed by atoms with Crippen LogP contribution in [-0.2, 0) is 4.79 Å². The van der Waals surface area contributed by atoms with Crippen LogP contribution in [-0.4, -0.2) is 18.4 Å². The minimum absolute atomic E-state index is 0.000865. The first-order chi connectivity index (χ1) is 9.61. The van der Waals surface area contributed by atoms with Gasteiger partial charge in [0.15, 0.2) is 17.0 Å². The molecule has 0 aliphatic carbocycles. The van der Waals surface area contributed by atoms with E-state index in [9.17, 15) is 9.59 Å². The summed E-state index contributed by atoms with van der Waals surface area (Å²) in [5.74, 6) is 0.160. The van der Waals surface area contributed by atoms with Crippen molar-refractivity contribution in [1.29, 1.82) is 0 Å². The lowest BCUT2D eigenvalue weighted by atomic mass is 10.2. The zero-order chi connectivity index (χ0) is 14.1. The van der Waals surface area contributed by atoms with Gasteiger partial charge in [0, 0.05) is 5.69 Å². The van der Waals surface area contributed by atoms with Crippen LogP contribution in [0.25, 0.3) is 0 Å². The van der Waals surface area contributed by atoms with E-state index in [2.05, 4.69) is 26.6 Å². The molecule has 0 spiro atoms. The molecule has 0 unspecified atom stereocenters. The van der Waals surface area contributed by atoms with Crippen LogP contribution in [0.1, 0.15) is 10.6 Å². The van der Waals surface area contributed by atoms with Crippen molar-refractivity contribution in [2.24, 2.45) is 0 Å². The minimum Gasteiger partial charge on any atom is -0.482 e. The normalized spacial score (nSPS) is 13.2. The lowest BCUT2D eigenvalue weighted by Crippen LogP contribution is -2.25. The predicted molar refractivity (Wildman–Crippen MR) is 74.9 cm³/mol. The molecule has 0 saturated carbocycles. The number of nitrogens with one attached hydrogen (secondary N) is 2. The monoisotopic (exact) mass is 336 g/mol. The minimum atomic E-state index is -0.376. The molecule has 0 radical (unpaired) electrons. The number of ether oxygens (including phenoxy) is 1. The number of fused-ring (bicyclic) bond motifs is 1. The Morgan fingerprint density at radius 2 is 2.15 bits per heavy atom. The highest BCUT2D eigenvalue weighted by Gasteiger charge is 2.17. The van der Waals surface area contributed by atoms with E-state index in [1.807, 2.05) is 0 Å². The topological polar surface area (TPSA) is 80.6 Å². The number of carbonyl (C=O) groups excluding carboxylic acids is 2. The molecular formula is C13H9BrN2O4. The number of furan rings is 1. The lowest BCUT2D eigenvalue weighted by molar-refractivity contribution is -0.118. The fourth-order valence-corrected chi connectivity index (χ4v) is 2.10. The molecule has 3 rings (SSSR count). The van der Waals surface area contributed by atoms with Crippen molar-refractivity contribution < 1.29 is 18.7 Å². The summed E-state index contributed by atoms with van der Waals surface area (Å²) in [6.07, 6.45) is 0. The zero-order valence-corrected chi connectivity index (χ0v) is 11.7. The molecular weight excluding hydrogens is 328 g/mol. The molecule has 2 aromatic rings. The number of anilines is 2. The molecule has 1 aromatic carbocycles. The zero-order valence-electron chi connectivity index (χ0n) is 10.1. The van der Waals surface area contributed by atoms with E-state index in [0.717, 1.165) is 0 Å².